The normalized spacial score (nSPS) is 15.5. The van der Waals surface area contributed by atoms with Crippen LogP contribution in [0, 0.1) is 6.92 Å². The Morgan fingerprint density at radius 2 is 1.92 bits per heavy atom. The average molecular weight is 414 g/mol. The van der Waals surface area contributed by atoms with Crippen LogP contribution in [0.1, 0.15) is 5.69 Å². The van der Waals surface area contributed by atoms with Gasteiger partial charge in [0.2, 0.25) is 6.10 Å². The number of nitrogens with zero attached hydrogens (tertiary/aromatic N) is 1. The van der Waals surface area contributed by atoms with Gasteiger partial charge in [-0.15, -0.1) is 0 Å². The quantitative estimate of drug-likeness (QED) is 0.681. The molecule has 2 N–H and O–H groups in total. The Morgan fingerprint density at radius 3 is 2.69 bits per heavy atom. The number of carbonyl (C=O) groups is 1. The summed E-state index contributed by atoms with van der Waals surface area (Å²) in [7, 11) is 0. The number of aromatic amines is 1. The molecule has 0 fully saturated rings. The number of benzene rings is 2. The number of fused-ring (bicyclic) bond motifs is 1. The van der Waals surface area contributed by atoms with Crippen LogP contribution in [-0.4, -0.2) is 28.8 Å². The van der Waals surface area contributed by atoms with Crippen molar-refractivity contribution in [2.45, 2.75) is 13.0 Å². The van der Waals surface area contributed by atoms with Crippen molar-refractivity contribution >= 4 is 27.7 Å². The molecule has 2 aromatic carbocycles. The second kappa shape index (κ2) is 6.84. The molecular formula is C19H16BrN3O3. The van der Waals surface area contributed by atoms with Gasteiger partial charge in [-0.3, -0.25) is 9.89 Å². The van der Waals surface area contributed by atoms with Crippen LogP contribution in [0.2, 0.25) is 0 Å². The van der Waals surface area contributed by atoms with Gasteiger partial charge in [-0.2, -0.15) is 5.10 Å². The van der Waals surface area contributed by atoms with Gasteiger partial charge in [-0.25, -0.2) is 0 Å². The predicted octanol–water partition coefficient (Wildman–Crippen LogP) is 3.93. The standard InChI is InChI=1S/C19H16BrN3O3/c1-11-17(12-6-8-13(20)9-7-12)18(23-22-11)21-19(24)16-10-25-14-4-2-3-5-15(14)26-16/h2-9,16H,10H2,1H3,(H2,21,22,23,24)/t16-/m1/s1. The van der Waals surface area contributed by atoms with Crippen LogP contribution in [0.15, 0.2) is 53.0 Å². The Kier molecular flexibility index (Phi) is 4.38. The van der Waals surface area contributed by atoms with Crippen LogP contribution >= 0.6 is 15.9 Å². The Labute approximate surface area is 158 Å². The molecule has 1 aliphatic heterocycles. The van der Waals surface area contributed by atoms with Crippen molar-refractivity contribution in [1.29, 1.82) is 0 Å². The summed E-state index contributed by atoms with van der Waals surface area (Å²) in [5.74, 6) is 1.37. The van der Waals surface area contributed by atoms with Gasteiger partial charge in [0, 0.05) is 15.7 Å². The number of ether oxygens (including phenoxy) is 2. The van der Waals surface area contributed by atoms with Crippen LogP contribution in [-0.2, 0) is 4.79 Å². The number of halogens is 1. The van der Waals surface area contributed by atoms with Crippen molar-refractivity contribution in [3.63, 3.8) is 0 Å². The number of aryl methyl sites for hydroxylation is 1. The zero-order valence-electron chi connectivity index (χ0n) is 14.0. The summed E-state index contributed by atoms with van der Waals surface area (Å²) in [6.45, 7) is 2.07. The SMILES string of the molecule is Cc1[nH]nc(NC(=O)[C@H]2COc3ccccc3O2)c1-c1ccc(Br)cc1. The molecule has 4 rings (SSSR count). The molecule has 132 valence electrons. The van der Waals surface area contributed by atoms with E-state index < -0.39 is 6.10 Å². The molecule has 1 atom stereocenters. The Morgan fingerprint density at radius 1 is 1.19 bits per heavy atom. The highest BCUT2D eigenvalue weighted by molar-refractivity contribution is 9.10. The van der Waals surface area contributed by atoms with E-state index in [1.54, 1.807) is 6.07 Å². The number of rotatable bonds is 3. The van der Waals surface area contributed by atoms with Crippen molar-refractivity contribution in [3.05, 3.63) is 58.7 Å². The predicted molar refractivity (Wildman–Crippen MR) is 101 cm³/mol. The van der Waals surface area contributed by atoms with Gasteiger partial charge in [0.15, 0.2) is 17.3 Å². The number of anilines is 1. The summed E-state index contributed by atoms with van der Waals surface area (Å²) in [4.78, 5) is 12.6. The maximum Gasteiger partial charge on any atom is 0.270 e. The molecule has 1 aliphatic rings. The summed E-state index contributed by atoms with van der Waals surface area (Å²) >= 11 is 3.43. The van der Waals surface area contributed by atoms with Gasteiger partial charge in [-0.05, 0) is 36.8 Å². The molecule has 1 aromatic heterocycles. The first-order valence-electron chi connectivity index (χ1n) is 8.12. The fourth-order valence-corrected chi connectivity index (χ4v) is 3.10. The third-order valence-corrected chi connectivity index (χ3v) is 4.65. The largest absolute Gasteiger partial charge is 0.485 e. The van der Waals surface area contributed by atoms with Gasteiger partial charge < -0.3 is 14.8 Å². The molecule has 6 nitrogen and oxygen atoms in total. The molecule has 1 amide bonds. The summed E-state index contributed by atoms with van der Waals surface area (Å²) in [5.41, 5.74) is 2.68. The van der Waals surface area contributed by atoms with E-state index >= 15 is 0 Å². The first-order valence-corrected chi connectivity index (χ1v) is 8.91. The average Bonchev–Trinajstić information content (AvgIpc) is 3.02. The van der Waals surface area contributed by atoms with Crippen LogP contribution in [0.5, 0.6) is 11.5 Å². The first kappa shape index (κ1) is 16.7. The monoisotopic (exact) mass is 413 g/mol. The van der Waals surface area contributed by atoms with Gasteiger partial charge in [0.05, 0.1) is 0 Å². The third-order valence-electron chi connectivity index (χ3n) is 4.12. The number of aromatic nitrogens is 2. The van der Waals surface area contributed by atoms with Crippen LogP contribution in [0.25, 0.3) is 11.1 Å². The molecule has 7 heteroatoms. The maximum atomic E-state index is 12.6. The van der Waals surface area contributed by atoms with E-state index in [-0.39, 0.29) is 12.5 Å². The molecule has 0 saturated carbocycles. The summed E-state index contributed by atoms with van der Waals surface area (Å²) in [6, 6.07) is 15.1. The number of amides is 1. The van der Waals surface area contributed by atoms with Crippen molar-refractivity contribution in [2.24, 2.45) is 0 Å². The fraction of sp³-hybridized carbons (Fsp3) is 0.158. The van der Waals surface area contributed by atoms with Crippen LogP contribution < -0.4 is 14.8 Å². The lowest BCUT2D eigenvalue weighted by molar-refractivity contribution is -0.125. The lowest BCUT2D eigenvalue weighted by Gasteiger charge is -2.25. The smallest absolute Gasteiger partial charge is 0.270 e. The first-order chi connectivity index (χ1) is 12.6. The van der Waals surface area contributed by atoms with Gasteiger partial charge >= 0.3 is 0 Å². The second-order valence-corrected chi connectivity index (χ2v) is 6.85. The van der Waals surface area contributed by atoms with Gasteiger partial charge in [0.25, 0.3) is 5.91 Å². The van der Waals surface area contributed by atoms with E-state index in [1.165, 1.54) is 0 Å². The minimum atomic E-state index is -0.736. The third kappa shape index (κ3) is 3.17. The highest BCUT2D eigenvalue weighted by atomic mass is 79.9. The Balaban J connectivity index is 1.55. The topological polar surface area (TPSA) is 76.2 Å². The number of nitrogens with one attached hydrogen (secondary N) is 2. The Bertz CT molecular complexity index is 953. The summed E-state index contributed by atoms with van der Waals surface area (Å²) < 4.78 is 12.3. The molecule has 0 unspecified atom stereocenters. The van der Waals surface area contributed by atoms with Crippen molar-refractivity contribution in [3.8, 4) is 22.6 Å². The summed E-state index contributed by atoms with van der Waals surface area (Å²) in [6.07, 6.45) is -0.736. The highest BCUT2D eigenvalue weighted by Crippen LogP contribution is 2.33. The van der Waals surface area contributed by atoms with Gasteiger partial charge in [0.1, 0.15) is 6.61 Å². The highest BCUT2D eigenvalue weighted by Gasteiger charge is 2.28. The fourth-order valence-electron chi connectivity index (χ4n) is 2.84. The van der Waals surface area contributed by atoms with E-state index in [2.05, 4.69) is 31.4 Å². The number of para-hydroxylation sites is 2. The van der Waals surface area contributed by atoms with Crippen LogP contribution in [0.4, 0.5) is 5.82 Å². The molecular weight excluding hydrogens is 398 g/mol. The zero-order chi connectivity index (χ0) is 18.1. The van der Waals surface area contributed by atoms with E-state index in [4.69, 9.17) is 9.47 Å². The summed E-state index contributed by atoms with van der Waals surface area (Å²) in [5, 5.41) is 10.0. The number of H-pyrrole nitrogens is 1. The molecule has 2 heterocycles. The van der Waals surface area contributed by atoms with Crippen molar-refractivity contribution in [1.82, 2.24) is 10.2 Å². The lowest BCUT2D eigenvalue weighted by atomic mass is 10.1. The van der Waals surface area contributed by atoms with Crippen molar-refractivity contribution < 1.29 is 14.3 Å². The van der Waals surface area contributed by atoms with Gasteiger partial charge in [-0.1, -0.05) is 40.2 Å². The molecule has 26 heavy (non-hydrogen) atoms. The zero-order valence-corrected chi connectivity index (χ0v) is 15.5. The van der Waals surface area contributed by atoms with E-state index in [0.29, 0.717) is 17.3 Å². The van der Waals surface area contributed by atoms with Crippen molar-refractivity contribution in [2.75, 3.05) is 11.9 Å². The molecule has 0 bridgehead atoms. The molecule has 3 aromatic rings. The second-order valence-electron chi connectivity index (χ2n) is 5.93. The van der Waals surface area contributed by atoms with E-state index in [1.807, 2.05) is 49.4 Å². The maximum absolute atomic E-state index is 12.6. The minimum absolute atomic E-state index is 0.153. The van der Waals surface area contributed by atoms with Crippen LogP contribution in [0.3, 0.4) is 0 Å². The molecule has 0 radical (unpaired) electrons. The van der Waals surface area contributed by atoms with E-state index in [9.17, 15) is 4.79 Å². The van der Waals surface area contributed by atoms with E-state index in [0.717, 1.165) is 21.3 Å². The molecule has 0 aliphatic carbocycles. The Hall–Kier alpha value is -2.80. The minimum Gasteiger partial charge on any atom is -0.485 e. The number of hydrogen-bond donors (Lipinski definition) is 2. The molecule has 0 saturated heterocycles. The number of hydrogen-bond acceptors (Lipinski definition) is 4. The lowest BCUT2D eigenvalue weighted by Crippen LogP contribution is -2.40. The number of carbonyl (C=O) groups excluding carboxylic acids is 1. The molecule has 0 spiro atoms.